The standard InChI is InChI=1S/C6H12O6.Se/c7-1-3(9)5(11)6(12)4(10)2-8;/h1,3-6,8-12H,2H2;/t3-,4-,5+,6+;/m1./s1. The molecule has 0 aliphatic rings. The van der Waals surface area contributed by atoms with Crippen molar-refractivity contribution >= 4 is 23.4 Å². The minimum Gasteiger partial charge on any atom is -0.394 e. The van der Waals surface area contributed by atoms with Crippen LogP contribution in [0.4, 0.5) is 0 Å². The summed E-state index contributed by atoms with van der Waals surface area (Å²) in [5, 5.41) is 43.5. The van der Waals surface area contributed by atoms with Gasteiger partial charge in [0, 0.05) is 17.1 Å². The number of hydrogen-bond donors (Lipinski definition) is 5. The number of carbonyl (C=O) groups excluding carboxylic acids is 1. The summed E-state index contributed by atoms with van der Waals surface area (Å²) in [5.74, 6) is 0. The first-order valence-electron chi connectivity index (χ1n) is 3.33. The van der Waals surface area contributed by atoms with Gasteiger partial charge < -0.3 is 30.3 Å². The maximum Gasteiger partial charge on any atom is 0.151 e. The van der Waals surface area contributed by atoms with Crippen LogP contribution >= 0.6 is 0 Å². The quantitative estimate of drug-likeness (QED) is 0.255. The summed E-state index contributed by atoms with van der Waals surface area (Å²) < 4.78 is 0. The summed E-state index contributed by atoms with van der Waals surface area (Å²) in [6, 6.07) is 0. The molecule has 0 aromatic heterocycles. The number of rotatable bonds is 5. The Morgan fingerprint density at radius 1 is 1.08 bits per heavy atom. The number of aliphatic hydroxyl groups is 5. The van der Waals surface area contributed by atoms with E-state index in [2.05, 4.69) is 0 Å². The van der Waals surface area contributed by atoms with Gasteiger partial charge in [0.2, 0.25) is 0 Å². The molecular weight excluding hydrogens is 247 g/mol. The zero-order valence-corrected chi connectivity index (χ0v) is 8.36. The molecule has 0 aromatic carbocycles. The van der Waals surface area contributed by atoms with Gasteiger partial charge in [-0.2, -0.15) is 0 Å². The summed E-state index contributed by atoms with van der Waals surface area (Å²) in [4.78, 5) is 9.90. The molecule has 7 heteroatoms. The Bertz CT molecular complexity index is 143. The average molecular weight is 259 g/mol. The van der Waals surface area contributed by atoms with E-state index in [1.807, 2.05) is 0 Å². The fourth-order valence-corrected chi connectivity index (χ4v) is 0.618. The molecular formula is C6H12O6Se. The van der Waals surface area contributed by atoms with Gasteiger partial charge in [-0.1, -0.05) is 0 Å². The smallest absolute Gasteiger partial charge is 0.151 e. The van der Waals surface area contributed by atoms with Crippen molar-refractivity contribution in [3.63, 3.8) is 0 Å². The van der Waals surface area contributed by atoms with Crippen LogP contribution in [0.2, 0.25) is 0 Å². The molecule has 0 saturated heterocycles. The second-order valence-corrected chi connectivity index (χ2v) is 2.36. The van der Waals surface area contributed by atoms with E-state index in [0.29, 0.717) is 0 Å². The summed E-state index contributed by atoms with van der Waals surface area (Å²) in [6.07, 6.45) is -6.84. The van der Waals surface area contributed by atoms with Gasteiger partial charge in [0.1, 0.15) is 24.4 Å². The summed E-state index contributed by atoms with van der Waals surface area (Å²) in [5.41, 5.74) is 0. The van der Waals surface area contributed by atoms with Crippen LogP contribution in [0.1, 0.15) is 0 Å². The van der Waals surface area contributed by atoms with Crippen molar-refractivity contribution in [2.75, 3.05) is 6.61 Å². The molecule has 4 atom stereocenters. The Balaban J connectivity index is 0. The zero-order valence-electron chi connectivity index (χ0n) is 6.65. The van der Waals surface area contributed by atoms with E-state index in [-0.39, 0.29) is 23.4 Å². The molecule has 0 amide bonds. The maximum absolute atomic E-state index is 9.90. The number of aldehydes is 1. The normalized spacial score (nSPS) is 19.5. The van der Waals surface area contributed by atoms with Gasteiger partial charge >= 0.3 is 0 Å². The van der Waals surface area contributed by atoms with Gasteiger partial charge in [-0.3, -0.25) is 0 Å². The number of hydrogen-bond acceptors (Lipinski definition) is 6. The van der Waals surface area contributed by atoms with E-state index in [9.17, 15) is 4.79 Å². The van der Waals surface area contributed by atoms with Gasteiger partial charge in [0.25, 0.3) is 0 Å². The second-order valence-electron chi connectivity index (χ2n) is 2.36. The van der Waals surface area contributed by atoms with E-state index in [1.54, 1.807) is 0 Å². The molecule has 0 unspecified atom stereocenters. The van der Waals surface area contributed by atoms with Gasteiger partial charge in [0.15, 0.2) is 6.29 Å². The third-order valence-corrected chi connectivity index (χ3v) is 1.42. The van der Waals surface area contributed by atoms with E-state index in [4.69, 9.17) is 25.5 Å². The van der Waals surface area contributed by atoms with Crippen molar-refractivity contribution in [2.45, 2.75) is 24.4 Å². The number of carbonyl (C=O) groups is 1. The first kappa shape index (κ1) is 15.5. The summed E-state index contributed by atoms with van der Waals surface area (Å²) >= 11 is 0. The topological polar surface area (TPSA) is 118 Å². The van der Waals surface area contributed by atoms with Crippen LogP contribution in [-0.2, 0) is 4.79 Å². The molecule has 2 radical (unpaired) electrons. The average Bonchev–Trinajstić information content (AvgIpc) is 2.12. The fourth-order valence-electron chi connectivity index (χ4n) is 0.618. The first-order chi connectivity index (χ1) is 5.54. The zero-order chi connectivity index (χ0) is 9.72. The molecule has 0 aliphatic carbocycles. The van der Waals surface area contributed by atoms with Crippen LogP contribution in [0, 0.1) is 0 Å². The van der Waals surface area contributed by atoms with Crippen LogP contribution in [0.3, 0.4) is 0 Å². The van der Waals surface area contributed by atoms with Gasteiger partial charge in [-0.25, -0.2) is 0 Å². The van der Waals surface area contributed by atoms with E-state index in [0.717, 1.165) is 0 Å². The summed E-state index contributed by atoms with van der Waals surface area (Å²) in [6.45, 7) is -0.760. The van der Waals surface area contributed by atoms with Gasteiger partial charge in [0.05, 0.1) is 6.61 Å². The minimum absolute atomic E-state index is 0. The molecule has 5 N–H and O–H groups in total. The fraction of sp³-hybridized carbons (Fsp3) is 0.833. The largest absolute Gasteiger partial charge is 0.394 e. The van der Waals surface area contributed by atoms with Crippen LogP contribution in [-0.4, -0.2) is 79.9 Å². The van der Waals surface area contributed by atoms with E-state index in [1.165, 1.54) is 0 Å². The predicted octanol–water partition coefficient (Wildman–Crippen LogP) is -3.76. The maximum atomic E-state index is 9.90. The van der Waals surface area contributed by atoms with E-state index < -0.39 is 31.0 Å². The Morgan fingerprint density at radius 3 is 1.85 bits per heavy atom. The van der Waals surface area contributed by atoms with Crippen molar-refractivity contribution in [3.8, 4) is 0 Å². The second kappa shape index (κ2) is 7.40. The van der Waals surface area contributed by atoms with Crippen LogP contribution < -0.4 is 0 Å². The first-order valence-corrected chi connectivity index (χ1v) is 3.33. The Kier molecular flexibility index (Phi) is 8.80. The Labute approximate surface area is 85.3 Å². The SMILES string of the molecule is O=C[C@@H](O)[C@H](O)[C@@H](O)[C@H](O)CO.[Se]. The van der Waals surface area contributed by atoms with Crippen molar-refractivity contribution in [1.82, 2.24) is 0 Å². The van der Waals surface area contributed by atoms with Gasteiger partial charge in [-0.05, 0) is 0 Å². The van der Waals surface area contributed by atoms with Crippen molar-refractivity contribution in [1.29, 1.82) is 0 Å². The third-order valence-electron chi connectivity index (χ3n) is 1.42. The molecule has 78 valence electrons. The van der Waals surface area contributed by atoms with Crippen LogP contribution in [0.15, 0.2) is 0 Å². The van der Waals surface area contributed by atoms with Crippen LogP contribution in [0.5, 0.6) is 0 Å². The van der Waals surface area contributed by atoms with Crippen molar-refractivity contribution in [2.24, 2.45) is 0 Å². The molecule has 0 aromatic rings. The number of aliphatic hydroxyl groups excluding tert-OH is 5. The molecule has 0 rings (SSSR count). The minimum atomic E-state index is -1.79. The third kappa shape index (κ3) is 4.68. The molecule has 0 heterocycles. The van der Waals surface area contributed by atoms with Crippen molar-refractivity contribution < 1.29 is 30.3 Å². The van der Waals surface area contributed by atoms with Gasteiger partial charge in [-0.15, -0.1) is 0 Å². The molecule has 0 spiro atoms. The molecule has 6 nitrogen and oxygen atoms in total. The molecule has 0 aliphatic heterocycles. The Morgan fingerprint density at radius 2 is 1.54 bits per heavy atom. The molecule has 0 bridgehead atoms. The molecule has 13 heavy (non-hydrogen) atoms. The monoisotopic (exact) mass is 260 g/mol. The predicted molar refractivity (Wildman–Crippen MR) is 42.9 cm³/mol. The Hall–Kier alpha value is -0.0105. The van der Waals surface area contributed by atoms with Crippen LogP contribution in [0.25, 0.3) is 0 Å². The molecule has 0 fully saturated rings. The van der Waals surface area contributed by atoms with E-state index >= 15 is 0 Å². The molecule has 0 saturated carbocycles. The van der Waals surface area contributed by atoms with Crippen molar-refractivity contribution in [3.05, 3.63) is 0 Å². The summed E-state index contributed by atoms with van der Waals surface area (Å²) in [7, 11) is 0.